The maximum Gasteiger partial charge on any atom is 0.0482 e. The molecule has 1 unspecified atom stereocenters. The molecule has 0 aliphatic heterocycles. The number of benzene rings is 1. The predicted octanol–water partition coefficient (Wildman–Crippen LogP) is 2.35. The fourth-order valence-electron chi connectivity index (χ4n) is 2.69. The van der Waals surface area contributed by atoms with Crippen LogP contribution in [0.1, 0.15) is 43.7 Å². The molecular formula is C13H21N3. The van der Waals surface area contributed by atoms with Gasteiger partial charge in [-0.1, -0.05) is 43.9 Å². The van der Waals surface area contributed by atoms with Crippen LogP contribution in [0, 0.1) is 5.92 Å². The topological polar surface area (TPSA) is 64.1 Å². The van der Waals surface area contributed by atoms with Crippen LogP contribution in [0.2, 0.25) is 0 Å². The quantitative estimate of drug-likeness (QED) is 0.414. The molecule has 0 aromatic heterocycles. The Morgan fingerprint density at radius 2 is 1.94 bits per heavy atom. The Morgan fingerprint density at radius 3 is 2.56 bits per heavy atom. The summed E-state index contributed by atoms with van der Waals surface area (Å²) in [5.74, 6) is 6.45. The van der Waals surface area contributed by atoms with Crippen molar-refractivity contribution in [1.29, 1.82) is 0 Å². The zero-order valence-corrected chi connectivity index (χ0v) is 9.65. The molecule has 0 amide bonds. The van der Waals surface area contributed by atoms with Crippen molar-refractivity contribution in [3.63, 3.8) is 0 Å². The van der Waals surface area contributed by atoms with Crippen molar-refractivity contribution in [2.45, 2.75) is 38.1 Å². The number of hydrazine groups is 1. The summed E-state index contributed by atoms with van der Waals surface area (Å²) >= 11 is 0. The average Bonchev–Trinajstić information content (AvgIpc) is 2.80. The molecule has 1 atom stereocenters. The first-order valence-electron chi connectivity index (χ1n) is 6.12. The van der Waals surface area contributed by atoms with Gasteiger partial charge in [0.15, 0.2) is 0 Å². The highest BCUT2D eigenvalue weighted by atomic mass is 15.2. The molecule has 88 valence electrons. The zero-order chi connectivity index (χ0) is 11.4. The number of nitrogens with one attached hydrogen (secondary N) is 1. The number of nitrogens with two attached hydrogens (primary N) is 2. The fraction of sp³-hybridized carbons (Fsp3) is 0.538. The van der Waals surface area contributed by atoms with Crippen LogP contribution in [0.4, 0.5) is 5.69 Å². The van der Waals surface area contributed by atoms with Crippen molar-refractivity contribution in [1.82, 2.24) is 5.43 Å². The Bertz CT molecular complexity index is 332. The second kappa shape index (κ2) is 5.32. The van der Waals surface area contributed by atoms with E-state index in [2.05, 4.69) is 11.5 Å². The zero-order valence-electron chi connectivity index (χ0n) is 9.65. The lowest BCUT2D eigenvalue weighted by Crippen LogP contribution is -2.30. The van der Waals surface area contributed by atoms with Crippen molar-refractivity contribution in [3.8, 4) is 0 Å². The van der Waals surface area contributed by atoms with E-state index in [1.54, 1.807) is 0 Å². The van der Waals surface area contributed by atoms with Gasteiger partial charge in [-0.25, -0.2) is 0 Å². The van der Waals surface area contributed by atoms with Gasteiger partial charge in [-0.05, 0) is 24.0 Å². The van der Waals surface area contributed by atoms with Crippen molar-refractivity contribution >= 4 is 5.69 Å². The van der Waals surface area contributed by atoms with Crippen molar-refractivity contribution in [3.05, 3.63) is 29.8 Å². The summed E-state index contributed by atoms with van der Waals surface area (Å²) in [5.41, 5.74) is 10.9. The first kappa shape index (κ1) is 11.4. The van der Waals surface area contributed by atoms with E-state index in [0.717, 1.165) is 23.6 Å². The van der Waals surface area contributed by atoms with Gasteiger partial charge in [0.05, 0.1) is 0 Å². The molecule has 1 aliphatic carbocycles. The Kier molecular flexibility index (Phi) is 3.80. The Balaban J connectivity index is 2.06. The second-order valence-corrected chi connectivity index (χ2v) is 4.73. The van der Waals surface area contributed by atoms with Gasteiger partial charge in [-0.15, -0.1) is 0 Å². The van der Waals surface area contributed by atoms with Gasteiger partial charge in [-0.3, -0.25) is 11.3 Å². The molecule has 0 radical (unpaired) electrons. The molecule has 16 heavy (non-hydrogen) atoms. The molecule has 3 nitrogen and oxygen atoms in total. The van der Waals surface area contributed by atoms with E-state index >= 15 is 0 Å². The molecule has 1 aromatic carbocycles. The molecule has 0 heterocycles. The van der Waals surface area contributed by atoms with E-state index in [-0.39, 0.29) is 6.04 Å². The molecular weight excluding hydrogens is 198 g/mol. The van der Waals surface area contributed by atoms with E-state index in [9.17, 15) is 0 Å². The van der Waals surface area contributed by atoms with Crippen LogP contribution in [0.5, 0.6) is 0 Å². The molecule has 1 fully saturated rings. The molecule has 1 aromatic rings. The molecule has 1 saturated carbocycles. The minimum absolute atomic E-state index is 0.198. The number of anilines is 1. The third kappa shape index (κ3) is 2.54. The van der Waals surface area contributed by atoms with Crippen LogP contribution in [-0.4, -0.2) is 0 Å². The second-order valence-electron chi connectivity index (χ2n) is 4.73. The van der Waals surface area contributed by atoms with E-state index in [0.29, 0.717) is 0 Å². The van der Waals surface area contributed by atoms with E-state index in [4.69, 9.17) is 11.6 Å². The molecule has 2 rings (SSSR count). The number of hydrogen-bond donors (Lipinski definition) is 3. The Labute approximate surface area is 97.2 Å². The van der Waals surface area contributed by atoms with Crippen LogP contribution >= 0.6 is 0 Å². The first-order valence-corrected chi connectivity index (χ1v) is 6.12. The summed E-state index contributed by atoms with van der Waals surface area (Å²) in [5, 5.41) is 0. The summed E-state index contributed by atoms with van der Waals surface area (Å²) in [7, 11) is 0. The van der Waals surface area contributed by atoms with Gasteiger partial charge in [0.25, 0.3) is 0 Å². The van der Waals surface area contributed by atoms with Gasteiger partial charge < -0.3 is 5.73 Å². The first-order chi connectivity index (χ1) is 7.81. The summed E-state index contributed by atoms with van der Waals surface area (Å²) < 4.78 is 0. The van der Waals surface area contributed by atoms with Gasteiger partial charge in [0.2, 0.25) is 0 Å². The van der Waals surface area contributed by atoms with Crippen LogP contribution in [0.25, 0.3) is 0 Å². The third-order valence-electron chi connectivity index (χ3n) is 3.62. The highest BCUT2D eigenvalue weighted by Crippen LogP contribution is 2.33. The third-order valence-corrected chi connectivity index (χ3v) is 3.62. The molecule has 0 bridgehead atoms. The van der Waals surface area contributed by atoms with E-state index < -0.39 is 0 Å². The number of hydrogen-bond acceptors (Lipinski definition) is 3. The summed E-state index contributed by atoms with van der Waals surface area (Å²) in [6.45, 7) is 0. The maximum absolute atomic E-state index is 5.98. The number of para-hydroxylation sites is 1. The van der Waals surface area contributed by atoms with E-state index in [1.165, 1.54) is 25.7 Å². The predicted molar refractivity (Wildman–Crippen MR) is 67.5 cm³/mol. The van der Waals surface area contributed by atoms with Crippen LogP contribution in [0.15, 0.2) is 24.3 Å². The lowest BCUT2D eigenvalue weighted by atomic mass is 9.93. The van der Waals surface area contributed by atoms with Gasteiger partial charge in [-0.2, -0.15) is 0 Å². The summed E-state index contributed by atoms with van der Waals surface area (Å²) in [4.78, 5) is 0. The monoisotopic (exact) mass is 219 g/mol. The number of nitrogen functional groups attached to an aromatic ring is 1. The SMILES string of the molecule is NNC(CC1CCCC1)c1ccccc1N. The van der Waals surface area contributed by atoms with Crippen molar-refractivity contribution in [2.75, 3.05) is 5.73 Å². The summed E-state index contributed by atoms with van der Waals surface area (Å²) in [6.07, 6.45) is 6.51. The highest BCUT2D eigenvalue weighted by molar-refractivity contribution is 5.48. The largest absolute Gasteiger partial charge is 0.398 e. The molecule has 5 N–H and O–H groups in total. The van der Waals surface area contributed by atoms with Gasteiger partial charge in [0.1, 0.15) is 0 Å². The van der Waals surface area contributed by atoms with Crippen LogP contribution < -0.4 is 17.0 Å². The van der Waals surface area contributed by atoms with Crippen LogP contribution in [-0.2, 0) is 0 Å². The van der Waals surface area contributed by atoms with Crippen molar-refractivity contribution < 1.29 is 0 Å². The molecule has 1 aliphatic rings. The lowest BCUT2D eigenvalue weighted by Gasteiger charge is -2.21. The fourth-order valence-corrected chi connectivity index (χ4v) is 2.69. The maximum atomic E-state index is 5.98. The lowest BCUT2D eigenvalue weighted by molar-refractivity contribution is 0.401. The number of rotatable bonds is 4. The standard InChI is InChI=1S/C13H21N3/c14-12-8-4-3-7-11(12)13(16-15)9-10-5-1-2-6-10/h3-4,7-8,10,13,16H,1-2,5-6,9,14-15H2. The van der Waals surface area contributed by atoms with Crippen LogP contribution in [0.3, 0.4) is 0 Å². The van der Waals surface area contributed by atoms with Gasteiger partial charge in [0, 0.05) is 11.7 Å². The highest BCUT2D eigenvalue weighted by Gasteiger charge is 2.21. The minimum atomic E-state index is 0.198. The van der Waals surface area contributed by atoms with Crippen molar-refractivity contribution in [2.24, 2.45) is 11.8 Å². The Hall–Kier alpha value is -1.06. The normalized spacial score (nSPS) is 18.8. The minimum Gasteiger partial charge on any atom is -0.398 e. The van der Waals surface area contributed by atoms with E-state index in [1.807, 2.05) is 18.2 Å². The molecule has 0 spiro atoms. The molecule has 0 saturated heterocycles. The Morgan fingerprint density at radius 1 is 1.25 bits per heavy atom. The average molecular weight is 219 g/mol. The molecule has 3 heteroatoms. The van der Waals surface area contributed by atoms with Gasteiger partial charge >= 0.3 is 0 Å². The smallest absolute Gasteiger partial charge is 0.0482 e. The summed E-state index contributed by atoms with van der Waals surface area (Å²) in [6, 6.07) is 8.18.